The van der Waals surface area contributed by atoms with Gasteiger partial charge in [-0.05, 0) is 43.7 Å². The van der Waals surface area contributed by atoms with Crippen LogP contribution in [-0.4, -0.2) is 22.9 Å². The average molecular weight is 354 g/mol. The molecule has 0 aliphatic heterocycles. The Balaban J connectivity index is 1.90. The summed E-state index contributed by atoms with van der Waals surface area (Å²) in [6.45, 7) is 3.42. The Bertz CT molecular complexity index is 783. The largest absolute Gasteiger partial charge is 0.481 e. The molecule has 3 N–H and O–H groups in total. The van der Waals surface area contributed by atoms with Crippen molar-refractivity contribution in [2.45, 2.75) is 26.8 Å². The van der Waals surface area contributed by atoms with Crippen molar-refractivity contribution in [1.29, 1.82) is 0 Å². The highest BCUT2D eigenvalue weighted by Gasteiger charge is 2.30. The molecule has 0 aromatic heterocycles. The Labute approximate surface area is 152 Å². The number of hydrogen-bond donors (Lipinski definition) is 3. The van der Waals surface area contributed by atoms with Crippen LogP contribution in [0.15, 0.2) is 54.6 Å². The zero-order valence-corrected chi connectivity index (χ0v) is 14.8. The molecule has 0 spiro atoms. The molecular weight excluding hydrogens is 332 g/mol. The van der Waals surface area contributed by atoms with Crippen LogP contribution in [0.3, 0.4) is 0 Å². The van der Waals surface area contributed by atoms with Crippen molar-refractivity contribution >= 4 is 23.5 Å². The van der Waals surface area contributed by atoms with Gasteiger partial charge >= 0.3 is 5.97 Å². The fraction of sp³-hybridized carbons (Fsp3) is 0.250. The van der Waals surface area contributed by atoms with Crippen LogP contribution in [0.25, 0.3) is 0 Å². The Kier molecular flexibility index (Phi) is 6.11. The van der Waals surface area contributed by atoms with E-state index < -0.39 is 17.3 Å². The molecule has 2 aromatic carbocycles. The summed E-state index contributed by atoms with van der Waals surface area (Å²) in [5, 5.41) is 14.5. The third-order valence-corrected chi connectivity index (χ3v) is 3.91. The van der Waals surface area contributed by atoms with Gasteiger partial charge in [-0.3, -0.25) is 14.4 Å². The number of carboxylic acids is 1. The van der Waals surface area contributed by atoms with Crippen LogP contribution in [0.5, 0.6) is 0 Å². The van der Waals surface area contributed by atoms with Crippen molar-refractivity contribution < 1.29 is 19.5 Å². The third kappa shape index (κ3) is 5.44. The summed E-state index contributed by atoms with van der Waals surface area (Å²) in [6, 6.07) is 16.0. The van der Waals surface area contributed by atoms with E-state index in [4.69, 9.17) is 5.11 Å². The first kappa shape index (κ1) is 19.2. The number of amides is 2. The van der Waals surface area contributed by atoms with Gasteiger partial charge in [0.05, 0.1) is 5.41 Å². The fourth-order valence-corrected chi connectivity index (χ4v) is 2.27. The highest BCUT2D eigenvalue weighted by atomic mass is 16.4. The quantitative estimate of drug-likeness (QED) is 0.712. The minimum Gasteiger partial charge on any atom is -0.481 e. The highest BCUT2D eigenvalue weighted by molar-refractivity contribution is 5.96. The van der Waals surface area contributed by atoms with Gasteiger partial charge in [-0.25, -0.2) is 0 Å². The summed E-state index contributed by atoms with van der Waals surface area (Å²) >= 11 is 0. The molecule has 6 nitrogen and oxygen atoms in total. The third-order valence-electron chi connectivity index (χ3n) is 3.91. The second-order valence-electron chi connectivity index (χ2n) is 6.66. The summed E-state index contributed by atoms with van der Waals surface area (Å²) < 4.78 is 0. The second kappa shape index (κ2) is 8.29. The van der Waals surface area contributed by atoms with Crippen LogP contribution in [-0.2, 0) is 16.1 Å². The number of carbonyl (C=O) groups is 3. The maximum absolute atomic E-state index is 12.2. The number of carbonyl (C=O) groups excluding carboxylic acids is 2. The Morgan fingerprint density at radius 2 is 1.58 bits per heavy atom. The number of carboxylic acid groups (broad SMARTS) is 1. The molecule has 2 aromatic rings. The summed E-state index contributed by atoms with van der Waals surface area (Å²) in [6.07, 6.45) is -0.137. The molecule has 0 saturated carbocycles. The van der Waals surface area contributed by atoms with Crippen LogP contribution in [0, 0.1) is 5.41 Å². The summed E-state index contributed by atoms with van der Waals surface area (Å²) in [4.78, 5) is 35.2. The van der Waals surface area contributed by atoms with E-state index in [0.29, 0.717) is 17.8 Å². The Hall–Kier alpha value is -3.15. The molecule has 26 heavy (non-hydrogen) atoms. The molecule has 2 rings (SSSR count). The zero-order valence-electron chi connectivity index (χ0n) is 14.8. The topological polar surface area (TPSA) is 95.5 Å². The molecule has 0 radical (unpaired) electrons. The van der Waals surface area contributed by atoms with Gasteiger partial charge in [0, 0.05) is 24.2 Å². The molecule has 6 heteroatoms. The standard InChI is InChI=1S/C20H22N2O4/c1-20(2,19(25)26)12-17(23)22-16-10-8-15(9-11-16)18(24)21-13-14-6-4-3-5-7-14/h3-11H,12-13H2,1-2H3,(H,21,24)(H,22,23)(H,25,26). The van der Waals surface area contributed by atoms with Crippen molar-refractivity contribution in [2.24, 2.45) is 5.41 Å². The number of aliphatic carboxylic acids is 1. The van der Waals surface area contributed by atoms with Gasteiger partial charge in [0.1, 0.15) is 0 Å². The van der Waals surface area contributed by atoms with E-state index in [9.17, 15) is 14.4 Å². The van der Waals surface area contributed by atoms with Crippen LogP contribution < -0.4 is 10.6 Å². The van der Waals surface area contributed by atoms with E-state index in [1.165, 1.54) is 13.8 Å². The number of nitrogens with one attached hydrogen (secondary N) is 2. The normalized spacial score (nSPS) is 10.8. The number of rotatable bonds is 7. The van der Waals surface area contributed by atoms with Gasteiger partial charge in [0.25, 0.3) is 5.91 Å². The smallest absolute Gasteiger partial charge is 0.309 e. The molecule has 0 fully saturated rings. The lowest BCUT2D eigenvalue weighted by molar-refractivity contribution is -0.148. The molecule has 0 heterocycles. The molecule has 0 bridgehead atoms. The van der Waals surface area contributed by atoms with Gasteiger partial charge in [-0.2, -0.15) is 0 Å². The first-order chi connectivity index (χ1) is 12.3. The van der Waals surface area contributed by atoms with Crippen molar-refractivity contribution in [2.75, 3.05) is 5.32 Å². The van der Waals surface area contributed by atoms with Crippen molar-refractivity contribution in [1.82, 2.24) is 5.32 Å². The first-order valence-electron chi connectivity index (χ1n) is 8.23. The minimum absolute atomic E-state index is 0.137. The molecule has 0 aliphatic carbocycles. The van der Waals surface area contributed by atoms with Gasteiger partial charge in [0.2, 0.25) is 5.91 Å². The summed E-state index contributed by atoms with van der Waals surface area (Å²) in [5.41, 5.74) is 0.854. The van der Waals surface area contributed by atoms with Crippen LogP contribution >= 0.6 is 0 Å². The van der Waals surface area contributed by atoms with Crippen molar-refractivity contribution in [3.05, 3.63) is 65.7 Å². The van der Waals surface area contributed by atoms with Crippen LogP contribution in [0.4, 0.5) is 5.69 Å². The molecule has 2 amide bonds. The SMILES string of the molecule is CC(C)(CC(=O)Nc1ccc(C(=O)NCc2ccccc2)cc1)C(=O)O. The van der Waals surface area contributed by atoms with Crippen molar-refractivity contribution in [3.63, 3.8) is 0 Å². The predicted molar refractivity (Wildman–Crippen MR) is 98.7 cm³/mol. The summed E-state index contributed by atoms with van der Waals surface area (Å²) in [7, 11) is 0. The van der Waals surface area contributed by atoms with Crippen molar-refractivity contribution in [3.8, 4) is 0 Å². The second-order valence-corrected chi connectivity index (χ2v) is 6.66. The lowest BCUT2D eigenvalue weighted by Crippen LogP contribution is -2.29. The molecule has 136 valence electrons. The monoisotopic (exact) mass is 354 g/mol. The van der Waals surface area contributed by atoms with E-state index in [1.54, 1.807) is 24.3 Å². The number of anilines is 1. The maximum Gasteiger partial charge on any atom is 0.309 e. The average Bonchev–Trinajstić information content (AvgIpc) is 2.60. The first-order valence-corrected chi connectivity index (χ1v) is 8.23. The zero-order chi connectivity index (χ0) is 19.2. The van der Waals surface area contributed by atoms with E-state index >= 15 is 0 Å². The molecule has 0 aliphatic rings. The lowest BCUT2D eigenvalue weighted by atomic mass is 9.89. The maximum atomic E-state index is 12.2. The van der Waals surface area contributed by atoms with E-state index in [1.807, 2.05) is 30.3 Å². The Morgan fingerprint density at radius 1 is 0.962 bits per heavy atom. The highest BCUT2D eigenvalue weighted by Crippen LogP contribution is 2.21. The molecular formula is C20H22N2O4. The van der Waals surface area contributed by atoms with Gasteiger partial charge in [0.15, 0.2) is 0 Å². The summed E-state index contributed by atoms with van der Waals surface area (Å²) in [5.74, 6) is -1.63. The molecule has 0 unspecified atom stereocenters. The molecule has 0 saturated heterocycles. The lowest BCUT2D eigenvalue weighted by Gasteiger charge is -2.18. The van der Waals surface area contributed by atoms with Crippen LogP contribution in [0.1, 0.15) is 36.2 Å². The fourth-order valence-electron chi connectivity index (χ4n) is 2.27. The van der Waals surface area contributed by atoms with E-state index in [2.05, 4.69) is 10.6 Å². The van der Waals surface area contributed by atoms with Gasteiger partial charge < -0.3 is 15.7 Å². The van der Waals surface area contributed by atoms with Gasteiger partial charge in [-0.1, -0.05) is 30.3 Å². The minimum atomic E-state index is -1.14. The van der Waals surface area contributed by atoms with Gasteiger partial charge in [-0.15, -0.1) is 0 Å². The van der Waals surface area contributed by atoms with E-state index in [0.717, 1.165) is 5.56 Å². The Morgan fingerprint density at radius 3 is 2.15 bits per heavy atom. The van der Waals surface area contributed by atoms with E-state index in [-0.39, 0.29) is 12.3 Å². The molecule has 0 atom stereocenters. The number of hydrogen-bond acceptors (Lipinski definition) is 3. The number of benzene rings is 2. The van der Waals surface area contributed by atoms with Crippen LogP contribution in [0.2, 0.25) is 0 Å². The predicted octanol–water partition coefficient (Wildman–Crippen LogP) is 3.06.